The minimum atomic E-state index is -0.176. The molecule has 7 aromatic rings. The van der Waals surface area contributed by atoms with Crippen LogP contribution in [0.15, 0.2) is 182 Å². The van der Waals surface area contributed by atoms with Crippen LogP contribution >= 0.6 is 0 Å². The van der Waals surface area contributed by atoms with Crippen molar-refractivity contribution >= 4 is 38.5 Å². The number of hydrogen-bond donors (Lipinski definition) is 0. The molecule has 3 aliphatic rings. The summed E-state index contributed by atoms with van der Waals surface area (Å²) < 4.78 is 2.34. The zero-order valence-corrected chi connectivity index (χ0v) is 30.1. The summed E-state index contributed by atoms with van der Waals surface area (Å²) in [6, 6.07) is 51.4. The van der Waals surface area contributed by atoms with E-state index in [1.165, 1.54) is 65.8 Å². The van der Waals surface area contributed by atoms with Gasteiger partial charge in [0.25, 0.3) is 0 Å². The zero-order valence-electron chi connectivity index (χ0n) is 30.1. The number of hydrogen-bond acceptors (Lipinski definition) is 1. The lowest BCUT2D eigenvalue weighted by molar-refractivity contribution is 0.547. The summed E-state index contributed by atoms with van der Waals surface area (Å²) >= 11 is 0. The number of allylic oxidation sites excluding steroid dienone is 8. The van der Waals surface area contributed by atoms with Crippen molar-refractivity contribution in [2.45, 2.75) is 26.7 Å². The SMILES string of the molecule is CC1CC=CC=C1c1nc2ccccc2n1-c1ccc(-c2ccc3c(c2)=C(c2ccccc2)C2=CC=CCC2(C)C=3c2ccc3ccccc3c2)cc1. The van der Waals surface area contributed by atoms with Crippen LogP contribution in [0.3, 0.4) is 0 Å². The number of aromatic nitrogens is 2. The predicted octanol–water partition coefficient (Wildman–Crippen LogP) is 11.1. The maximum Gasteiger partial charge on any atom is 0.141 e. The second-order valence-electron chi connectivity index (χ2n) is 15.0. The first-order valence-electron chi connectivity index (χ1n) is 18.8. The van der Waals surface area contributed by atoms with Gasteiger partial charge in [-0.1, -0.05) is 153 Å². The fourth-order valence-electron chi connectivity index (χ4n) is 9.01. The quantitative estimate of drug-likeness (QED) is 0.177. The molecule has 0 fully saturated rings. The number of nitrogens with zero attached hydrogens (tertiary/aromatic N) is 2. The molecule has 0 N–H and O–H groups in total. The molecule has 0 saturated carbocycles. The molecule has 0 radical (unpaired) electrons. The average molecular weight is 681 g/mol. The minimum Gasteiger partial charge on any atom is -0.293 e. The Morgan fingerprint density at radius 3 is 2.21 bits per heavy atom. The molecule has 254 valence electrons. The molecule has 0 spiro atoms. The summed E-state index contributed by atoms with van der Waals surface area (Å²) in [5.41, 5.74) is 13.4. The molecule has 2 heteroatoms. The second kappa shape index (κ2) is 12.5. The first-order chi connectivity index (χ1) is 26.1. The molecule has 2 nitrogen and oxygen atoms in total. The normalized spacial score (nSPS) is 19.2. The Kier molecular flexibility index (Phi) is 7.40. The van der Waals surface area contributed by atoms with Crippen molar-refractivity contribution in [1.29, 1.82) is 0 Å². The molecule has 2 unspecified atom stereocenters. The molecule has 1 aromatic heterocycles. The predicted molar refractivity (Wildman–Crippen MR) is 222 cm³/mol. The van der Waals surface area contributed by atoms with Gasteiger partial charge in [0, 0.05) is 11.1 Å². The van der Waals surface area contributed by atoms with Crippen molar-refractivity contribution in [3.8, 4) is 16.8 Å². The van der Waals surface area contributed by atoms with Crippen LogP contribution in [0.5, 0.6) is 0 Å². The largest absolute Gasteiger partial charge is 0.293 e. The highest BCUT2D eigenvalue weighted by Gasteiger charge is 2.39. The Bertz CT molecular complexity index is 2840. The topological polar surface area (TPSA) is 17.8 Å². The molecule has 0 aliphatic heterocycles. The average Bonchev–Trinajstić information content (AvgIpc) is 3.59. The standard InChI is InChI=1S/C51H40N2/c1-34-14-6-9-19-42(34)50-52-46-21-10-11-22-47(46)53(50)41-28-25-36(26-29-41)39-27-30-43-44(33-39)48(37-16-4-3-5-17-37)45-20-12-13-31-51(45,2)49(43)40-24-23-35-15-7-8-18-38(35)32-40/h3-13,15-30,32-34H,14,31H2,1-2H3. The molecule has 1 heterocycles. The van der Waals surface area contributed by atoms with E-state index < -0.39 is 0 Å². The highest BCUT2D eigenvalue weighted by Crippen LogP contribution is 2.50. The Morgan fingerprint density at radius 2 is 1.36 bits per heavy atom. The molecule has 3 aliphatic carbocycles. The van der Waals surface area contributed by atoms with Gasteiger partial charge in [0.1, 0.15) is 5.82 Å². The van der Waals surface area contributed by atoms with Gasteiger partial charge in [0.15, 0.2) is 0 Å². The number of para-hydroxylation sites is 2. The van der Waals surface area contributed by atoms with Gasteiger partial charge in [-0.05, 0) is 121 Å². The van der Waals surface area contributed by atoms with Gasteiger partial charge >= 0.3 is 0 Å². The lowest BCUT2D eigenvalue weighted by Gasteiger charge is -2.40. The summed E-state index contributed by atoms with van der Waals surface area (Å²) in [6.45, 7) is 4.74. The van der Waals surface area contributed by atoms with Crippen LogP contribution in [0.4, 0.5) is 0 Å². The second-order valence-corrected chi connectivity index (χ2v) is 15.0. The van der Waals surface area contributed by atoms with E-state index in [4.69, 9.17) is 4.98 Å². The molecule has 6 aromatic carbocycles. The van der Waals surface area contributed by atoms with Gasteiger partial charge in [0.05, 0.1) is 11.0 Å². The van der Waals surface area contributed by atoms with Crippen LogP contribution in [-0.2, 0) is 0 Å². The van der Waals surface area contributed by atoms with Crippen molar-refractivity contribution < 1.29 is 0 Å². The Morgan fingerprint density at radius 1 is 0.623 bits per heavy atom. The van der Waals surface area contributed by atoms with E-state index in [-0.39, 0.29) is 5.41 Å². The highest BCUT2D eigenvalue weighted by molar-refractivity contribution is 5.94. The van der Waals surface area contributed by atoms with E-state index in [9.17, 15) is 0 Å². The van der Waals surface area contributed by atoms with Crippen molar-refractivity contribution in [2.24, 2.45) is 11.3 Å². The maximum atomic E-state index is 5.16. The van der Waals surface area contributed by atoms with Crippen molar-refractivity contribution in [3.05, 3.63) is 209 Å². The maximum absolute atomic E-state index is 5.16. The zero-order chi connectivity index (χ0) is 35.5. The first kappa shape index (κ1) is 31.5. The van der Waals surface area contributed by atoms with Crippen molar-refractivity contribution in [1.82, 2.24) is 9.55 Å². The lowest BCUT2D eigenvalue weighted by Crippen LogP contribution is -2.42. The molecule has 0 saturated heterocycles. The van der Waals surface area contributed by atoms with E-state index in [0.717, 1.165) is 35.4 Å². The van der Waals surface area contributed by atoms with Gasteiger partial charge in [-0.2, -0.15) is 0 Å². The van der Waals surface area contributed by atoms with Gasteiger partial charge in [-0.3, -0.25) is 4.57 Å². The number of rotatable bonds is 5. The van der Waals surface area contributed by atoms with Gasteiger partial charge in [-0.15, -0.1) is 0 Å². The van der Waals surface area contributed by atoms with Crippen LogP contribution in [0.2, 0.25) is 0 Å². The van der Waals surface area contributed by atoms with Gasteiger partial charge < -0.3 is 0 Å². The highest BCUT2D eigenvalue weighted by atomic mass is 15.1. The fraction of sp³-hybridized carbons (Fsp3) is 0.118. The third kappa shape index (κ3) is 5.12. The fourth-order valence-corrected chi connectivity index (χ4v) is 9.01. The summed E-state index contributed by atoms with van der Waals surface area (Å²) in [5, 5.41) is 5.14. The van der Waals surface area contributed by atoms with E-state index in [0.29, 0.717) is 5.92 Å². The monoisotopic (exact) mass is 680 g/mol. The van der Waals surface area contributed by atoms with E-state index in [1.54, 1.807) is 0 Å². The Balaban J connectivity index is 1.18. The molecule has 10 rings (SSSR count). The third-order valence-corrected chi connectivity index (χ3v) is 11.7. The lowest BCUT2D eigenvalue weighted by atomic mass is 9.62. The van der Waals surface area contributed by atoms with Gasteiger partial charge in [0.2, 0.25) is 0 Å². The van der Waals surface area contributed by atoms with Crippen LogP contribution in [-0.4, -0.2) is 9.55 Å². The van der Waals surface area contributed by atoms with Gasteiger partial charge in [-0.25, -0.2) is 4.98 Å². The van der Waals surface area contributed by atoms with Crippen LogP contribution in [0, 0.1) is 11.3 Å². The third-order valence-electron chi connectivity index (χ3n) is 11.7. The smallest absolute Gasteiger partial charge is 0.141 e. The minimum absolute atomic E-state index is 0.176. The summed E-state index contributed by atoms with van der Waals surface area (Å²) in [7, 11) is 0. The first-order valence-corrected chi connectivity index (χ1v) is 18.8. The molecule has 0 amide bonds. The van der Waals surface area contributed by atoms with Crippen LogP contribution in [0.25, 0.3) is 55.3 Å². The number of benzene rings is 6. The summed E-state index contributed by atoms with van der Waals surface area (Å²) in [4.78, 5) is 5.16. The van der Waals surface area contributed by atoms with E-state index in [2.05, 4.69) is 194 Å². The van der Waals surface area contributed by atoms with Crippen LogP contribution < -0.4 is 10.4 Å². The van der Waals surface area contributed by atoms with Crippen LogP contribution in [0.1, 0.15) is 43.6 Å². The van der Waals surface area contributed by atoms with Crippen molar-refractivity contribution in [3.63, 3.8) is 0 Å². The molecular weight excluding hydrogens is 641 g/mol. The summed E-state index contributed by atoms with van der Waals surface area (Å²) in [6.07, 6.45) is 15.6. The van der Waals surface area contributed by atoms with E-state index >= 15 is 0 Å². The number of imidazole rings is 1. The Hall–Kier alpha value is -6.25. The van der Waals surface area contributed by atoms with Crippen molar-refractivity contribution in [2.75, 3.05) is 0 Å². The molecule has 0 bridgehead atoms. The molecule has 53 heavy (non-hydrogen) atoms. The molecule has 2 atom stereocenters. The Labute approximate surface area is 310 Å². The van der Waals surface area contributed by atoms with E-state index in [1.807, 2.05) is 0 Å². The number of fused-ring (bicyclic) bond motifs is 4. The molecular formula is C51H40N2. The summed E-state index contributed by atoms with van der Waals surface area (Å²) in [5.74, 6) is 1.44.